The Morgan fingerprint density at radius 2 is 1.69 bits per heavy atom. The van der Waals surface area contributed by atoms with Gasteiger partial charge in [-0.2, -0.15) is 5.10 Å². The van der Waals surface area contributed by atoms with Crippen LogP contribution in [0.4, 0.5) is 0 Å². The minimum absolute atomic E-state index is 0.0448. The molecule has 3 saturated heterocycles. The number of para-hydroxylation sites is 2. The lowest BCUT2D eigenvalue weighted by atomic mass is 9.70. The lowest BCUT2D eigenvalue weighted by Gasteiger charge is -2.45. The number of hydrogen-bond acceptors (Lipinski definition) is 5. The van der Waals surface area contributed by atoms with Crippen LogP contribution in [0.3, 0.4) is 0 Å². The highest BCUT2D eigenvalue weighted by molar-refractivity contribution is 5.90. The zero-order valence-corrected chi connectivity index (χ0v) is 22.7. The topological polar surface area (TPSA) is 82.9 Å². The number of rotatable bonds is 6. The van der Waals surface area contributed by atoms with Crippen molar-refractivity contribution in [3.05, 3.63) is 78.1 Å². The number of amides is 1. The van der Waals surface area contributed by atoms with E-state index in [-0.39, 0.29) is 11.3 Å². The smallest absolute Gasteiger partial charge is 0.291 e. The van der Waals surface area contributed by atoms with Gasteiger partial charge in [0, 0.05) is 31.2 Å². The standard InChI is InChI=1S/C31H37N7O/c1-22-34-27-9-5-6-10-28(27)38(22)26-19-24-11-12-25(20-26)37(24)18-15-31(23-7-3-2-4-8-23)13-16-36(17-14-31)30(39)29-32-21-33-35-29/h2-10,21,24-26H,11-20H2,1H3,(H,32,33,35)/t24-,25+,26?. The highest BCUT2D eigenvalue weighted by Crippen LogP contribution is 2.45. The van der Waals surface area contributed by atoms with Gasteiger partial charge in [-0.25, -0.2) is 9.97 Å². The Morgan fingerprint density at radius 1 is 0.974 bits per heavy atom. The predicted molar refractivity (Wildman–Crippen MR) is 151 cm³/mol. The molecule has 7 rings (SSSR count). The number of hydrogen-bond donors (Lipinski definition) is 1. The summed E-state index contributed by atoms with van der Waals surface area (Å²) in [7, 11) is 0. The van der Waals surface area contributed by atoms with E-state index in [4.69, 9.17) is 4.98 Å². The third-order valence-corrected chi connectivity index (χ3v) is 9.86. The number of carbonyl (C=O) groups excluding carboxylic acids is 1. The summed E-state index contributed by atoms with van der Waals surface area (Å²) >= 11 is 0. The fourth-order valence-corrected chi connectivity index (χ4v) is 7.86. The number of carbonyl (C=O) groups is 1. The Kier molecular flexibility index (Phi) is 6.22. The highest BCUT2D eigenvalue weighted by Gasteiger charge is 2.44. The van der Waals surface area contributed by atoms with Crippen molar-refractivity contribution in [1.82, 2.24) is 34.5 Å². The largest absolute Gasteiger partial charge is 0.336 e. The summed E-state index contributed by atoms with van der Waals surface area (Å²) in [5, 5.41) is 6.60. The molecule has 1 unspecified atom stereocenters. The van der Waals surface area contributed by atoms with Crippen LogP contribution in [-0.2, 0) is 5.41 Å². The molecule has 1 amide bonds. The zero-order chi connectivity index (χ0) is 26.4. The van der Waals surface area contributed by atoms with Gasteiger partial charge in [-0.15, -0.1) is 0 Å². The minimum atomic E-state index is -0.0448. The first-order valence-corrected chi connectivity index (χ1v) is 14.5. The van der Waals surface area contributed by atoms with E-state index in [1.165, 1.54) is 43.1 Å². The predicted octanol–water partition coefficient (Wildman–Crippen LogP) is 4.90. The Balaban J connectivity index is 1.07. The zero-order valence-electron chi connectivity index (χ0n) is 22.7. The molecule has 0 saturated carbocycles. The molecule has 0 radical (unpaired) electrons. The van der Waals surface area contributed by atoms with Gasteiger partial charge in [-0.3, -0.25) is 14.8 Å². The van der Waals surface area contributed by atoms with Crippen LogP contribution in [0.2, 0.25) is 0 Å². The fraction of sp³-hybridized carbons (Fsp3) is 0.484. The number of fused-ring (bicyclic) bond motifs is 3. The van der Waals surface area contributed by atoms with Crippen molar-refractivity contribution >= 4 is 16.9 Å². The normalized spacial score (nSPS) is 24.8. The number of H-pyrrole nitrogens is 1. The molecule has 3 aliphatic rings. The van der Waals surface area contributed by atoms with Crippen molar-refractivity contribution in [1.29, 1.82) is 0 Å². The number of nitrogens with zero attached hydrogens (tertiary/aromatic N) is 6. The molecule has 8 heteroatoms. The number of aromatic amines is 1. The maximum Gasteiger partial charge on any atom is 0.291 e. The van der Waals surface area contributed by atoms with Crippen LogP contribution >= 0.6 is 0 Å². The van der Waals surface area contributed by atoms with E-state index < -0.39 is 0 Å². The van der Waals surface area contributed by atoms with Gasteiger partial charge in [0.1, 0.15) is 12.2 Å². The lowest BCUT2D eigenvalue weighted by molar-refractivity contribution is 0.0597. The van der Waals surface area contributed by atoms with E-state index in [2.05, 4.69) is 86.2 Å². The molecule has 2 aromatic carbocycles. The molecule has 4 aromatic rings. The van der Waals surface area contributed by atoms with E-state index >= 15 is 0 Å². The van der Waals surface area contributed by atoms with Crippen molar-refractivity contribution < 1.29 is 4.79 Å². The summed E-state index contributed by atoms with van der Waals surface area (Å²) in [5.74, 6) is 1.43. The minimum Gasteiger partial charge on any atom is -0.336 e. The maximum absolute atomic E-state index is 12.9. The van der Waals surface area contributed by atoms with Crippen LogP contribution in [0, 0.1) is 6.92 Å². The molecule has 3 fully saturated rings. The van der Waals surface area contributed by atoms with E-state index in [9.17, 15) is 4.79 Å². The number of likely N-dealkylation sites (tertiary alicyclic amines) is 1. The quantitative estimate of drug-likeness (QED) is 0.389. The summed E-state index contributed by atoms with van der Waals surface area (Å²) < 4.78 is 2.52. The van der Waals surface area contributed by atoms with Gasteiger partial charge in [0.25, 0.3) is 5.91 Å². The Hall–Kier alpha value is -3.52. The Labute approximate surface area is 229 Å². The Bertz CT molecular complexity index is 1420. The average Bonchev–Trinajstić information content (AvgIpc) is 3.68. The van der Waals surface area contributed by atoms with Crippen LogP contribution in [-0.4, -0.2) is 72.2 Å². The Morgan fingerprint density at radius 3 is 2.41 bits per heavy atom. The monoisotopic (exact) mass is 523 g/mol. The third kappa shape index (κ3) is 4.35. The molecule has 5 heterocycles. The number of benzene rings is 2. The number of imidazole rings is 1. The summed E-state index contributed by atoms with van der Waals surface area (Å²) in [6.07, 6.45) is 9.48. The van der Waals surface area contributed by atoms with E-state index in [1.807, 2.05) is 4.90 Å². The molecule has 1 N–H and O–H groups in total. The summed E-state index contributed by atoms with van der Waals surface area (Å²) in [6.45, 7) is 4.78. The van der Waals surface area contributed by atoms with Crippen molar-refractivity contribution in [2.45, 2.75) is 75.4 Å². The van der Waals surface area contributed by atoms with Gasteiger partial charge in [-0.1, -0.05) is 42.5 Å². The first-order chi connectivity index (χ1) is 19.1. The number of aryl methyl sites for hydroxylation is 1. The van der Waals surface area contributed by atoms with Gasteiger partial charge in [0.05, 0.1) is 11.0 Å². The molecule has 2 bridgehead atoms. The molecular weight excluding hydrogens is 486 g/mol. The lowest BCUT2D eigenvalue weighted by Crippen LogP contribution is -2.49. The molecule has 202 valence electrons. The van der Waals surface area contributed by atoms with Crippen molar-refractivity contribution in [3.8, 4) is 0 Å². The maximum atomic E-state index is 12.9. The number of nitrogens with one attached hydrogen (secondary N) is 1. The van der Waals surface area contributed by atoms with Crippen molar-refractivity contribution in [3.63, 3.8) is 0 Å². The second kappa shape index (κ2) is 9.90. The van der Waals surface area contributed by atoms with Gasteiger partial charge in [-0.05, 0) is 81.5 Å². The molecule has 39 heavy (non-hydrogen) atoms. The van der Waals surface area contributed by atoms with Gasteiger partial charge < -0.3 is 9.47 Å². The summed E-state index contributed by atoms with van der Waals surface area (Å²) in [4.78, 5) is 26.6. The SMILES string of the molecule is Cc1nc2ccccc2n1C1C[C@H]2CC[C@@H](C1)N2CCC1(c2ccccc2)CCN(C(=O)c2ncn[nH]2)CC1. The van der Waals surface area contributed by atoms with E-state index in [0.717, 1.165) is 50.2 Å². The van der Waals surface area contributed by atoms with Crippen LogP contribution in [0.25, 0.3) is 11.0 Å². The molecule has 0 spiro atoms. The third-order valence-electron chi connectivity index (χ3n) is 9.86. The molecule has 3 aliphatic heterocycles. The van der Waals surface area contributed by atoms with Crippen molar-refractivity contribution in [2.24, 2.45) is 0 Å². The fourth-order valence-electron chi connectivity index (χ4n) is 7.86. The number of piperidine rings is 2. The molecule has 3 atom stereocenters. The van der Waals surface area contributed by atoms with Gasteiger partial charge >= 0.3 is 0 Å². The van der Waals surface area contributed by atoms with E-state index in [1.54, 1.807) is 0 Å². The summed E-state index contributed by atoms with van der Waals surface area (Å²) in [6, 6.07) is 21.4. The van der Waals surface area contributed by atoms with Crippen LogP contribution < -0.4 is 0 Å². The summed E-state index contributed by atoms with van der Waals surface area (Å²) in [5.41, 5.74) is 3.90. The van der Waals surface area contributed by atoms with Crippen molar-refractivity contribution in [2.75, 3.05) is 19.6 Å². The van der Waals surface area contributed by atoms with Crippen LogP contribution in [0.15, 0.2) is 60.9 Å². The number of aromatic nitrogens is 5. The first-order valence-electron chi connectivity index (χ1n) is 14.5. The van der Waals surface area contributed by atoms with Crippen LogP contribution in [0.1, 0.15) is 73.0 Å². The van der Waals surface area contributed by atoms with Gasteiger partial charge in [0.2, 0.25) is 5.82 Å². The van der Waals surface area contributed by atoms with Crippen LogP contribution in [0.5, 0.6) is 0 Å². The highest BCUT2D eigenvalue weighted by atomic mass is 16.2. The average molecular weight is 524 g/mol. The van der Waals surface area contributed by atoms with E-state index in [0.29, 0.717) is 23.9 Å². The molecule has 2 aromatic heterocycles. The van der Waals surface area contributed by atoms with Gasteiger partial charge in [0.15, 0.2) is 0 Å². The first kappa shape index (κ1) is 24.5. The molecular formula is C31H37N7O. The second-order valence-corrected chi connectivity index (χ2v) is 11.8. The second-order valence-electron chi connectivity index (χ2n) is 11.8. The molecule has 0 aliphatic carbocycles. The molecule has 8 nitrogen and oxygen atoms in total.